The Balaban J connectivity index is 1.70. The quantitative estimate of drug-likeness (QED) is 0.249. The van der Waals surface area contributed by atoms with Gasteiger partial charge >= 0.3 is 12.4 Å². The van der Waals surface area contributed by atoms with Crippen molar-refractivity contribution in [3.63, 3.8) is 0 Å². The van der Waals surface area contributed by atoms with Crippen molar-refractivity contribution in [1.82, 2.24) is 4.57 Å². The maximum atomic E-state index is 14.2. The molecule has 0 radical (unpaired) electrons. The zero-order valence-corrected chi connectivity index (χ0v) is 17.9. The fourth-order valence-corrected chi connectivity index (χ4v) is 3.75. The Morgan fingerprint density at radius 1 is 0.848 bits per heavy atom. The van der Waals surface area contributed by atoms with Crippen molar-refractivity contribution in [2.45, 2.75) is 12.0 Å². The summed E-state index contributed by atoms with van der Waals surface area (Å²) < 4.78 is 70.4. The van der Waals surface area contributed by atoms with Crippen molar-refractivity contribution in [1.29, 1.82) is 0 Å². The van der Waals surface area contributed by atoms with E-state index in [-0.39, 0.29) is 16.8 Å². The number of nitrogens with zero attached hydrogens (tertiary/aromatic N) is 1. The fraction of sp³-hybridized carbons (Fsp3) is 0.0870. The van der Waals surface area contributed by atoms with Crippen LogP contribution in [0.15, 0.2) is 79.0 Å². The molecule has 4 rings (SSSR count). The molecule has 4 aromatic rings. The molecule has 1 atom stereocenters. The van der Waals surface area contributed by atoms with Crippen molar-refractivity contribution in [2.24, 2.45) is 0 Å². The number of fused-ring (bicyclic) bond motifs is 1. The lowest BCUT2D eigenvalue weighted by molar-refractivity contribution is -0.274. The second-order valence-corrected chi connectivity index (χ2v) is 7.83. The van der Waals surface area contributed by atoms with Crippen LogP contribution in [-0.2, 0) is 5.66 Å². The monoisotopic (exact) mass is 478 g/mol. The van der Waals surface area contributed by atoms with Crippen molar-refractivity contribution in [2.75, 3.05) is 5.32 Å². The molecule has 4 nitrogen and oxygen atoms in total. The Morgan fingerprint density at radius 2 is 1.48 bits per heavy atom. The number of nitrogens with one attached hydrogen (secondary N) is 1. The number of para-hydroxylation sites is 1. The van der Waals surface area contributed by atoms with E-state index in [1.54, 1.807) is 36.4 Å². The maximum Gasteiger partial charge on any atom is 0.573 e. The number of anilines is 1. The second kappa shape index (κ2) is 8.48. The van der Waals surface area contributed by atoms with Crippen LogP contribution in [0.3, 0.4) is 0 Å². The van der Waals surface area contributed by atoms with E-state index >= 15 is 0 Å². The van der Waals surface area contributed by atoms with Gasteiger partial charge in [0.1, 0.15) is 5.75 Å². The molecule has 1 amide bonds. The molecular formula is C23H16F5N2O2P. The summed E-state index contributed by atoms with van der Waals surface area (Å²) in [7, 11) is 1.52. The molecule has 0 aliphatic heterocycles. The molecule has 1 N–H and O–H groups in total. The van der Waals surface area contributed by atoms with Gasteiger partial charge in [-0.05, 0) is 35.9 Å². The number of rotatable bonds is 4. The number of halogens is 5. The van der Waals surface area contributed by atoms with E-state index in [0.717, 1.165) is 12.1 Å². The van der Waals surface area contributed by atoms with Gasteiger partial charge in [0.15, 0.2) is 0 Å². The number of benzene rings is 3. The third-order valence-corrected chi connectivity index (χ3v) is 5.16. The zero-order valence-electron chi connectivity index (χ0n) is 16.7. The minimum absolute atomic E-state index is 0.210. The van der Waals surface area contributed by atoms with Crippen LogP contribution >= 0.6 is 9.24 Å². The predicted molar refractivity (Wildman–Crippen MR) is 119 cm³/mol. The molecule has 0 saturated carbocycles. The Morgan fingerprint density at radius 3 is 2.15 bits per heavy atom. The molecule has 0 aliphatic rings. The number of ether oxygens (including phenoxy) is 1. The Hall–Kier alpha value is -3.45. The molecule has 0 saturated heterocycles. The number of alkyl halides is 5. The van der Waals surface area contributed by atoms with E-state index in [9.17, 15) is 26.7 Å². The standard InChI is InChI=1S/C23H16F5N2O2P/c24-22(25,33)19-7-3-1-5-16(19)18-13-30(20-8-4-2-6-17(18)20)21(31)29-14-9-11-15(12-10-14)32-23(26,27)28/h1-13H,33H2,(H,29,31). The van der Waals surface area contributed by atoms with Crippen LogP contribution in [0, 0.1) is 0 Å². The van der Waals surface area contributed by atoms with Gasteiger partial charge in [-0.25, -0.2) is 4.79 Å². The highest BCUT2D eigenvalue weighted by Gasteiger charge is 2.31. The van der Waals surface area contributed by atoms with Crippen molar-refractivity contribution >= 4 is 31.9 Å². The second-order valence-electron chi connectivity index (χ2n) is 7.10. The molecule has 0 bridgehead atoms. The van der Waals surface area contributed by atoms with Crippen molar-refractivity contribution < 1.29 is 31.5 Å². The summed E-state index contributed by atoms with van der Waals surface area (Å²) in [5.41, 5.74) is -1.98. The highest BCUT2D eigenvalue weighted by Crippen LogP contribution is 2.42. The average molecular weight is 478 g/mol. The number of carbonyl (C=O) groups excluding carboxylic acids is 1. The first-order chi connectivity index (χ1) is 15.5. The molecule has 0 spiro atoms. The Labute approximate surface area is 187 Å². The van der Waals surface area contributed by atoms with Crippen LogP contribution in [0.1, 0.15) is 5.56 Å². The van der Waals surface area contributed by atoms with Gasteiger partial charge in [0.2, 0.25) is 0 Å². The van der Waals surface area contributed by atoms with Crippen LogP contribution in [0.5, 0.6) is 5.75 Å². The normalized spacial score (nSPS) is 12.1. The van der Waals surface area contributed by atoms with Gasteiger partial charge in [0, 0.05) is 28.4 Å². The van der Waals surface area contributed by atoms with E-state index in [0.29, 0.717) is 16.5 Å². The Bertz CT molecular complexity index is 1310. The number of hydrogen-bond acceptors (Lipinski definition) is 2. The lowest BCUT2D eigenvalue weighted by atomic mass is 9.99. The van der Waals surface area contributed by atoms with Crippen LogP contribution in [0.4, 0.5) is 32.4 Å². The van der Waals surface area contributed by atoms with E-state index in [1.165, 1.54) is 44.3 Å². The van der Waals surface area contributed by atoms with Gasteiger partial charge in [-0.1, -0.05) is 51.7 Å². The summed E-state index contributed by atoms with van der Waals surface area (Å²) >= 11 is 0. The summed E-state index contributed by atoms with van der Waals surface area (Å²) in [6.07, 6.45) is -3.37. The minimum atomic E-state index is -4.82. The largest absolute Gasteiger partial charge is 0.573 e. The van der Waals surface area contributed by atoms with Crippen LogP contribution < -0.4 is 10.1 Å². The smallest absolute Gasteiger partial charge is 0.406 e. The first-order valence-corrected chi connectivity index (χ1v) is 10.1. The Kier molecular flexibility index (Phi) is 5.84. The molecule has 10 heteroatoms. The molecule has 0 aliphatic carbocycles. The van der Waals surface area contributed by atoms with E-state index in [1.807, 2.05) is 0 Å². The highest BCUT2D eigenvalue weighted by molar-refractivity contribution is 7.17. The minimum Gasteiger partial charge on any atom is -0.406 e. The van der Waals surface area contributed by atoms with E-state index < -0.39 is 23.8 Å². The highest BCUT2D eigenvalue weighted by atomic mass is 31.0. The van der Waals surface area contributed by atoms with Gasteiger partial charge in [-0.3, -0.25) is 4.57 Å². The third-order valence-electron chi connectivity index (χ3n) is 4.85. The summed E-state index contributed by atoms with van der Waals surface area (Å²) in [4.78, 5) is 13.0. The van der Waals surface area contributed by atoms with Gasteiger partial charge < -0.3 is 10.1 Å². The molecular weight excluding hydrogens is 462 g/mol. The van der Waals surface area contributed by atoms with Gasteiger partial charge in [-0.2, -0.15) is 8.78 Å². The predicted octanol–water partition coefficient (Wildman–Crippen LogP) is 7.21. The first kappa shape index (κ1) is 22.7. The van der Waals surface area contributed by atoms with E-state index in [4.69, 9.17) is 0 Å². The lowest BCUT2D eigenvalue weighted by Crippen LogP contribution is -2.19. The topological polar surface area (TPSA) is 43.3 Å². The zero-order chi connectivity index (χ0) is 23.8. The van der Waals surface area contributed by atoms with Gasteiger partial charge in [0.25, 0.3) is 5.66 Å². The van der Waals surface area contributed by atoms with Crippen LogP contribution in [0.2, 0.25) is 0 Å². The third kappa shape index (κ3) is 4.98. The van der Waals surface area contributed by atoms with E-state index in [2.05, 4.69) is 10.1 Å². The van der Waals surface area contributed by atoms with Gasteiger partial charge in [-0.15, -0.1) is 13.2 Å². The molecule has 1 heterocycles. The van der Waals surface area contributed by atoms with Crippen molar-refractivity contribution in [3.05, 3.63) is 84.6 Å². The molecule has 170 valence electrons. The summed E-state index contributed by atoms with van der Waals surface area (Å²) in [5, 5.41) is 3.17. The van der Waals surface area contributed by atoms with Crippen LogP contribution in [-0.4, -0.2) is 17.0 Å². The lowest BCUT2D eigenvalue weighted by Gasteiger charge is -2.15. The summed E-state index contributed by atoms with van der Waals surface area (Å²) in [5.74, 6) is -0.427. The molecule has 0 fully saturated rings. The van der Waals surface area contributed by atoms with Crippen LogP contribution in [0.25, 0.3) is 22.0 Å². The molecule has 1 unspecified atom stereocenters. The van der Waals surface area contributed by atoms with Gasteiger partial charge in [0.05, 0.1) is 5.52 Å². The molecule has 3 aromatic carbocycles. The first-order valence-electron chi connectivity index (χ1n) is 9.57. The number of aromatic nitrogens is 1. The fourth-order valence-electron chi connectivity index (χ4n) is 3.49. The average Bonchev–Trinajstić information content (AvgIpc) is 3.13. The number of amides is 1. The number of hydrogen-bond donors (Lipinski definition) is 1. The number of carbonyl (C=O) groups is 1. The molecule has 33 heavy (non-hydrogen) atoms. The summed E-state index contributed by atoms with van der Waals surface area (Å²) in [6.45, 7) is 0. The SMILES string of the molecule is O=C(Nc1ccc(OC(F)(F)F)cc1)n1cc(-c2ccccc2C(F)(F)P)c2ccccc21. The van der Waals surface area contributed by atoms with Crippen molar-refractivity contribution in [3.8, 4) is 16.9 Å². The molecule has 1 aromatic heterocycles. The maximum absolute atomic E-state index is 14.2. The summed E-state index contributed by atoms with van der Waals surface area (Å²) in [6, 6.07) is 16.9.